The Hall–Kier alpha value is -0.850. The van der Waals surface area contributed by atoms with E-state index in [-0.39, 0.29) is 0 Å². The van der Waals surface area contributed by atoms with Crippen molar-refractivity contribution in [3.8, 4) is 0 Å². The van der Waals surface area contributed by atoms with Crippen molar-refractivity contribution in [1.29, 1.82) is 0 Å². The van der Waals surface area contributed by atoms with E-state index in [1.54, 1.807) is 12.1 Å². The molecule has 19 heavy (non-hydrogen) atoms. The average molecular weight is 360 g/mol. The number of benzene rings is 1. The molecule has 0 bridgehead atoms. The highest BCUT2D eigenvalue weighted by Crippen LogP contribution is 2.30. The van der Waals surface area contributed by atoms with Crippen molar-refractivity contribution in [3.63, 3.8) is 0 Å². The van der Waals surface area contributed by atoms with Gasteiger partial charge in [-0.1, -0.05) is 17.7 Å². The Morgan fingerprint density at radius 1 is 1.16 bits per heavy atom. The third-order valence-corrected chi connectivity index (χ3v) is 6.70. The monoisotopic (exact) mass is 359 g/mol. The highest BCUT2D eigenvalue weighted by atomic mass is 79.9. The number of aryl methyl sites for hydroxylation is 1. The molecule has 0 aliphatic rings. The van der Waals surface area contributed by atoms with Gasteiger partial charge in [0, 0.05) is 6.54 Å². The predicted octanol–water partition coefficient (Wildman–Crippen LogP) is 4.03. The van der Waals surface area contributed by atoms with E-state index in [1.165, 1.54) is 15.6 Å². The van der Waals surface area contributed by atoms with E-state index in [9.17, 15) is 8.42 Å². The maximum Gasteiger partial charge on any atom is 0.273 e. The van der Waals surface area contributed by atoms with Gasteiger partial charge >= 0.3 is 0 Å². The summed E-state index contributed by atoms with van der Waals surface area (Å²) in [6, 6.07) is 10.9. The summed E-state index contributed by atoms with van der Waals surface area (Å²) in [6.45, 7) is 4.21. The van der Waals surface area contributed by atoms with E-state index >= 15 is 0 Å². The first kappa shape index (κ1) is 14.6. The largest absolute Gasteiger partial charge is 0.273 e. The van der Waals surface area contributed by atoms with Gasteiger partial charge in [-0.3, -0.25) is 4.31 Å². The van der Waals surface area contributed by atoms with Crippen LogP contribution in [0.2, 0.25) is 0 Å². The maximum absolute atomic E-state index is 12.6. The number of halogens is 1. The Kier molecular flexibility index (Phi) is 4.32. The van der Waals surface area contributed by atoms with Crippen LogP contribution < -0.4 is 4.31 Å². The zero-order chi connectivity index (χ0) is 14.0. The molecule has 102 valence electrons. The molecule has 0 aliphatic carbocycles. The summed E-state index contributed by atoms with van der Waals surface area (Å²) >= 11 is 4.52. The lowest BCUT2D eigenvalue weighted by Crippen LogP contribution is -2.30. The summed E-state index contributed by atoms with van der Waals surface area (Å²) in [7, 11) is -3.47. The van der Waals surface area contributed by atoms with Gasteiger partial charge in [-0.2, -0.15) is 0 Å². The van der Waals surface area contributed by atoms with Crippen LogP contribution in [-0.2, 0) is 10.0 Å². The zero-order valence-electron chi connectivity index (χ0n) is 10.6. The Morgan fingerprint density at radius 2 is 1.79 bits per heavy atom. The van der Waals surface area contributed by atoms with Crippen molar-refractivity contribution in [3.05, 3.63) is 45.7 Å². The van der Waals surface area contributed by atoms with E-state index in [0.717, 1.165) is 9.35 Å². The predicted molar refractivity (Wildman–Crippen MR) is 83.4 cm³/mol. The highest BCUT2D eigenvalue weighted by molar-refractivity contribution is 9.11. The van der Waals surface area contributed by atoms with Gasteiger partial charge in [0.1, 0.15) is 4.21 Å². The second-order valence-electron chi connectivity index (χ2n) is 4.06. The molecule has 0 aliphatic heterocycles. The minimum Gasteiger partial charge on any atom is -0.266 e. The van der Waals surface area contributed by atoms with Gasteiger partial charge in [0.2, 0.25) is 0 Å². The van der Waals surface area contributed by atoms with Crippen LogP contribution in [0.15, 0.2) is 44.4 Å². The smallest absolute Gasteiger partial charge is 0.266 e. The Labute approximate surface area is 126 Å². The standard InChI is InChI=1S/C13H14BrNO2S2/c1-3-15(11-6-4-10(2)5-7-11)19(16,17)13-9-8-12(14)18-13/h4-9H,3H2,1-2H3. The van der Waals surface area contributed by atoms with Gasteiger partial charge in [0.15, 0.2) is 0 Å². The van der Waals surface area contributed by atoms with Crippen LogP contribution >= 0.6 is 27.3 Å². The van der Waals surface area contributed by atoms with E-state index in [1.807, 2.05) is 38.1 Å². The fourth-order valence-electron chi connectivity index (χ4n) is 1.75. The summed E-state index contributed by atoms with van der Waals surface area (Å²) in [4.78, 5) is 0. The number of anilines is 1. The van der Waals surface area contributed by atoms with Gasteiger partial charge < -0.3 is 0 Å². The molecule has 1 aromatic carbocycles. The summed E-state index contributed by atoms with van der Waals surface area (Å²) in [5.74, 6) is 0. The number of hydrogen-bond donors (Lipinski definition) is 0. The van der Waals surface area contributed by atoms with Crippen LogP contribution in [0.25, 0.3) is 0 Å². The van der Waals surface area contributed by atoms with Crippen molar-refractivity contribution < 1.29 is 8.42 Å². The fraction of sp³-hybridized carbons (Fsp3) is 0.231. The Morgan fingerprint density at radius 3 is 2.26 bits per heavy atom. The van der Waals surface area contributed by atoms with Crippen LogP contribution in [0, 0.1) is 6.92 Å². The Balaban J connectivity index is 2.44. The number of sulfonamides is 1. The lowest BCUT2D eigenvalue weighted by molar-refractivity contribution is 0.594. The molecule has 6 heteroatoms. The summed E-state index contributed by atoms with van der Waals surface area (Å²) < 4.78 is 27.7. The molecule has 0 saturated heterocycles. The number of thiophene rings is 1. The second kappa shape index (κ2) is 5.64. The minimum absolute atomic E-state index is 0.349. The van der Waals surface area contributed by atoms with Gasteiger partial charge in [-0.15, -0.1) is 11.3 Å². The molecule has 0 fully saturated rings. The molecule has 0 radical (unpaired) electrons. The SMILES string of the molecule is CCN(c1ccc(C)cc1)S(=O)(=O)c1ccc(Br)s1. The number of hydrogen-bond acceptors (Lipinski definition) is 3. The molecule has 0 unspecified atom stereocenters. The Bertz CT molecular complexity index is 662. The quantitative estimate of drug-likeness (QED) is 0.825. The van der Waals surface area contributed by atoms with Gasteiger partial charge in [-0.05, 0) is 54.0 Å². The molecule has 2 rings (SSSR count). The molecule has 3 nitrogen and oxygen atoms in total. The van der Waals surface area contributed by atoms with Crippen LogP contribution in [0.3, 0.4) is 0 Å². The van der Waals surface area contributed by atoms with E-state index < -0.39 is 10.0 Å². The summed E-state index contributed by atoms with van der Waals surface area (Å²) in [6.07, 6.45) is 0. The van der Waals surface area contributed by atoms with Gasteiger partial charge in [0.05, 0.1) is 9.47 Å². The third kappa shape index (κ3) is 3.01. The van der Waals surface area contributed by atoms with Crippen LogP contribution in [0.5, 0.6) is 0 Å². The average Bonchev–Trinajstić information content (AvgIpc) is 2.80. The minimum atomic E-state index is -3.47. The summed E-state index contributed by atoms with van der Waals surface area (Å²) in [5.41, 5.74) is 1.80. The lowest BCUT2D eigenvalue weighted by Gasteiger charge is -2.22. The van der Waals surface area contributed by atoms with Crippen LogP contribution in [-0.4, -0.2) is 15.0 Å². The topological polar surface area (TPSA) is 37.4 Å². The molecule has 0 N–H and O–H groups in total. The highest BCUT2D eigenvalue weighted by Gasteiger charge is 2.25. The molecular formula is C13H14BrNO2S2. The van der Waals surface area contributed by atoms with Gasteiger partial charge in [-0.25, -0.2) is 8.42 Å². The third-order valence-electron chi connectivity index (χ3n) is 2.70. The molecular weight excluding hydrogens is 346 g/mol. The first-order valence-corrected chi connectivity index (χ1v) is 8.85. The molecule has 0 saturated carbocycles. The maximum atomic E-state index is 12.6. The van der Waals surface area contributed by atoms with E-state index in [4.69, 9.17) is 0 Å². The van der Waals surface area contributed by atoms with Crippen molar-refractivity contribution >= 4 is 43.0 Å². The molecule has 0 spiro atoms. The lowest BCUT2D eigenvalue weighted by atomic mass is 10.2. The van der Waals surface area contributed by atoms with Crippen molar-refractivity contribution in [2.45, 2.75) is 18.1 Å². The molecule has 1 aromatic heterocycles. The fourth-order valence-corrected chi connectivity index (χ4v) is 5.35. The molecule has 0 amide bonds. The van der Waals surface area contributed by atoms with Crippen LogP contribution in [0.1, 0.15) is 12.5 Å². The van der Waals surface area contributed by atoms with Gasteiger partial charge in [0.25, 0.3) is 10.0 Å². The first-order chi connectivity index (χ1) is 8.95. The summed E-state index contributed by atoms with van der Waals surface area (Å²) in [5, 5.41) is 0. The van der Waals surface area contributed by atoms with E-state index in [0.29, 0.717) is 16.4 Å². The normalized spacial score (nSPS) is 11.5. The van der Waals surface area contributed by atoms with Crippen LogP contribution in [0.4, 0.5) is 5.69 Å². The van der Waals surface area contributed by atoms with Crippen molar-refractivity contribution in [2.24, 2.45) is 0 Å². The van der Waals surface area contributed by atoms with Crippen molar-refractivity contribution in [2.75, 3.05) is 10.8 Å². The molecule has 1 heterocycles. The second-order valence-corrected chi connectivity index (χ2v) is 8.62. The zero-order valence-corrected chi connectivity index (χ0v) is 13.8. The van der Waals surface area contributed by atoms with E-state index in [2.05, 4.69) is 15.9 Å². The van der Waals surface area contributed by atoms with Crippen molar-refractivity contribution in [1.82, 2.24) is 0 Å². The molecule has 2 aromatic rings. The molecule has 0 atom stereocenters. The number of rotatable bonds is 4. The number of nitrogens with zero attached hydrogens (tertiary/aromatic N) is 1. The first-order valence-electron chi connectivity index (χ1n) is 5.80.